The Labute approximate surface area is 109 Å². The number of methoxy groups -OCH3 is 1. The van der Waals surface area contributed by atoms with Gasteiger partial charge in [0.2, 0.25) is 0 Å². The van der Waals surface area contributed by atoms with Crippen LogP contribution in [0, 0.1) is 0 Å². The van der Waals surface area contributed by atoms with E-state index < -0.39 is 0 Å². The molecule has 2 rings (SSSR count). The lowest BCUT2D eigenvalue weighted by Gasteiger charge is -2.07. The van der Waals surface area contributed by atoms with E-state index in [9.17, 15) is 4.79 Å². The maximum atomic E-state index is 11.8. The van der Waals surface area contributed by atoms with Crippen LogP contribution in [0.25, 0.3) is 0 Å². The topological polar surface area (TPSA) is 64.1 Å². The van der Waals surface area contributed by atoms with Gasteiger partial charge in [-0.3, -0.25) is 4.79 Å². The normalized spacial score (nSPS) is 9.89. The van der Waals surface area contributed by atoms with Crippen molar-refractivity contribution in [1.29, 1.82) is 0 Å². The number of nitrogens with zero attached hydrogens (tertiary/aromatic N) is 2. The highest BCUT2D eigenvalue weighted by molar-refractivity contribution is 6.32. The van der Waals surface area contributed by atoms with E-state index in [1.54, 1.807) is 18.2 Å². The summed E-state index contributed by atoms with van der Waals surface area (Å²) in [5, 5.41) is 3.11. The van der Waals surface area contributed by atoms with E-state index in [0.717, 1.165) is 0 Å². The van der Waals surface area contributed by atoms with Crippen molar-refractivity contribution >= 4 is 23.2 Å². The maximum absolute atomic E-state index is 11.8. The molecular weight excluding hydrogens is 254 g/mol. The smallest absolute Gasteiger partial charge is 0.274 e. The third-order valence-corrected chi connectivity index (χ3v) is 2.52. The Hall–Kier alpha value is -2.14. The highest BCUT2D eigenvalue weighted by Crippen LogP contribution is 2.27. The highest BCUT2D eigenvalue weighted by atomic mass is 35.5. The number of amides is 1. The molecule has 0 bridgehead atoms. The van der Waals surface area contributed by atoms with Crippen LogP contribution in [0.2, 0.25) is 5.02 Å². The first-order valence-corrected chi connectivity index (χ1v) is 5.49. The molecule has 6 heteroatoms. The minimum atomic E-state index is -0.321. The lowest BCUT2D eigenvalue weighted by atomic mass is 10.3. The van der Waals surface area contributed by atoms with Crippen molar-refractivity contribution in [1.82, 2.24) is 9.97 Å². The SMILES string of the molecule is COc1ccc(NC(=O)c2ccncn2)cc1Cl. The first-order valence-electron chi connectivity index (χ1n) is 5.11. The van der Waals surface area contributed by atoms with E-state index in [-0.39, 0.29) is 11.6 Å². The molecule has 2 aromatic rings. The van der Waals surface area contributed by atoms with Gasteiger partial charge in [-0.25, -0.2) is 9.97 Å². The summed E-state index contributed by atoms with van der Waals surface area (Å²) in [5.41, 5.74) is 0.862. The van der Waals surface area contributed by atoms with E-state index in [1.165, 1.54) is 25.7 Å². The van der Waals surface area contributed by atoms with Gasteiger partial charge in [0.25, 0.3) is 5.91 Å². The van der Waals surface area contributed by atoms with Crippen molar-refractivity contribution in [3.8, 4) is 5.75 Å². The number of carbonyl (C=O) groups is 1. The lowest BCUT2D eigenvalue weighted by molar-refractivity contribution is 0.102. The first kappa shape index (κ1) is 12.3. The molecule has 0 fully saturated rings. The predicted octanol–water partition coefficient (Wildman–Crippen LogP) is 2.39. The number of nitrogens with one attached hydrogen (secondary N) is 1. The molecule has 0 unspecified atom stereocenters. The van der Waals surface area contributed by atoms with Crippen LogP contribution < -0.4 is 10.1 Å². The van der Waals surface area contributed by atoms with Crippen LogP contribution in [-0.2, 0) is 0 Å². The molecule has 0 saturated heterocycles. The Morgan fingerprint density at radius 2 is 2.22 bits per heavy atom. The van der Waals surface area contributed by atoms with Crippen molar-refractivity contribution in [2.45, 2.75) is 0 Å². The summed E-state index contributed by atoms with van der Waals surface area (Å²) < 4.78 is 5.02. The molecule has 92 valence electrons. The van der Waals surface area contributed by atoms with Crippen LogP contribution in [0.15, 0.2) is 36.8 Å². The minimum absolute atomic E-state index is 0.289. The molecule has 0 aliphatic heterocycles. The van der Waals surface area contributed by atoms with Crippen LogP contribution in [0.3, 0.4) is 0 Å². The maximum Gasteiger partial charge on any atom is 0.274 e. The number of hydrogen-bond donors (Lipinski definition) is 1. The van der Waals surface area contributed by atoms with Gasteiger partial charge >= 0.3 is 0 Å². The van der Waals surface area contributed by atoms with Gasteiger partial charge in [0.1, 0.15) is 17.8 Å². The summed E-state index contributed by atoms with van der Waals surface area (Å²) in [5.74, 6) is 0.232. The second-order valence-electron chi connectivity index (χ2n) is 3.40. The standard InChI is InChI=1S/C12H10ClN3O2/c1-18-11-3-2-8(6-9(11)13)16-12(17)10-4-5-14-7-15-10/h2-7H,1H3,(H,16,17). The van der Waals surface area contributed by atoms with Crippen molar-refractivity contribution in [2.24, 2.45) is 0 Å². The quantitative estimate of drug-likeness (QED) is 0.923. The number of carbonyl (C=O) groups excluding carboxylic acids is 1. The number of benzene rings is 1. The predicted molar refractivity (Wildman–Crippen MR) is 68.0 cm³/mol. The molecule has 1 aromatic carbocycles. The largest absolute Gasteiger partial charge is 0.495 e. The van der Waals surface area contributed by atoms with Gasteiger partial charge in [-0.15, -0.1) is 0 Å². The first-order chi connectivity index (χ1) is 8.70. The average molecular weight is 264 g/mol. The third-order valence-electron chi connectivity index (χ3n) is 2.22. The molecule has 0 aliphatic carbocycles. The number of ether oxygens (including phenoxy) is 1. The van der Waals surface area contributed by atoms with Gasteiger partial charge in [0.05, 0.1) is 12.1 Å². The van der Waals surface area contributed by atoms with Crippen LogP contribution in [0.5, 0.6) is 5.75 Å². The molecular formula is C12H10ClN3O2. The molecule has 1 aromatic heterocycles. The highest BCUT2D eigenvalue weighted by Gasteiger charge is 2.08. The van der Waals surface area contributed by atoms with Gasteiger partial charge in [0, 0.05) is 11.9 Å². The Morgan fingerprint density at radius 1 is 1.39 bits per heavy atom. The minimum Gasteiger partial charge on any atom is -0.495 e. The number of halogens is 1. The zero-order valence-electron chi connectivity index (χ0n) is 9.55. The third kappa shape index (κ3) is 2.75. The molecule has 1 heterocycles. The van der Waals surface area contributed by atoms with Crippen molar-refractivity contribution in [3.63, 3.8) is 0 Å². The molecule has 0 radical (unpaired) electrons. The summed E-state index contributed by atoms with van der Waals surface area (Å²) in [6, 6.07) is 6.52. The van der Waals surface area contributed by atoms with Crippen LogP contribution in [-0.4, -0.2) is 23.0 Å². The molecule has 5 nitrogen and oxygen atoms in total. The zero-order valence-corrected chi connectivity index (χ0v) is 10.3. The number of hydrogen-bond acceptors (Lipinski definition) is 4. The second kappa shape index (κ2) is 5.46. The molecule has 0 spiro atoms. The van der Waals surface area contributed by atoms with Crippen molar-refractivity contribution < 1.29 is 9.53 Å². The van der Waals surface area contributed by atoms with E-state index in [0.29, 0.717) is 16.5 Å². The fraction of sp³-hybridized carbons (Fsp3) is 0.0833. The Kier molecular flexibility index (Phi) is 3.74. The summed E-state index contributed by atoms with van der Waals surface area (Å²) in [6.45, 7) is 0. The lowest BCUT2D eigenvalue weighted by Crippen LogP contribution is -2.13. The zero-order chi connectivity index (χ0) is 13.0. The monoisotopic (exact) mass is 263 g/mol. The van der Waals surface area contributed by atoms with Crippen LogP contribution in [0.1, 0.15) is 10.5 Å². The van der Waals surface area contributed by atoms with E-state index >= 15 is 0 Å². The Bertz CT molecular complexity index is 561. The fourth-order valence-corrected chi connectivity index (χ4v) is 1.62. The van der Waals surface area contributed by atoms with Gasteiger partial charge < -0.3 is 10.1 Å². The molecule has 1 amide bonds. The van der Waals surface area contributed by atoms with Crippen LogP contribution in [0.4, 0.5) is 5.69 Å². The van der Waals surface area contributed by atoms with Gasteiger partial charge in [-0.1, -0.05) is 11.6 Å². The van der Waals surface area contributed by atoms with Crippen molar-refractivity contribution in [3.05, 3.63) is 47.5 Å². The second-order valence-corrected chi connectivity index (χ2v) is 3.81. The van der Waals surface area contributed by atoms with Crippen LogP contribution >= 0.6 is 11.6 Å². The summed E-state index contributed by atoms with van der Waals surface area (Å²) in [6.07, 6.45) is 2.82. The van der Waals surface area contributed by atoms with Gasteiger partial charge in [-0.2, -0.15) is 0 Å². The Balaban J connectivity index is 2.15. The van der Waals surface area contributed by atoms with Crippen molar-refractivity contribution in [2.75, 3.05) is 12.4 Å². The Morgan fingerprint density at radius 3 is 2.83 bits per heavy atom. The summed E-state index contributed by atoms with van der Waals surface area (Å²) in [4.78, 5) is 19.4. The molecule has 0 saturated carbocycles. The number of rotatable bonds is 3. The van der Waals surface area contributed by atoms with E-state index in [4.69, 9.17) is 16.3 Å². The fourth-order valence-electron chi connectivity index (χ4n) is 1.36. The summed E-state index contributed by atoms with van der Waals surface area (Å²) >= 11 is 5.96. The molecule has 0 aliphatic rings. The van der Waals surface area contributed by atoms with E-state index in [1.807, 2.05) is 0 Å². The number of aromatic nitrogens is 2. The van der Waals surface area contributed by atoms with Gasteiger partial charge in [0.15, 0.2) is 0 Å². The average Bonchev–Trinajstić information content (AvgIpc) is 2.40. The number of anilines is 1. The van der Waals surface area contributed by atoms with Gasteiger partial charge in [-0.05, 0) is 24.3 Å². The molecule has 1 N–H and O–H groups in total. The molecule has 0 atom stereocenters. The molecule has 18 heavy (non-hydrogen) atoms. The van der Waals surface area contributed by atoms with E-state index in [2.05, 4.69) is 15.3 Å². The summed E-state index contributed by atoms with van der Waals surface area (Å²) in [7, 11) is 1.53.